The van der Waals surface area contributed by atoms with E-state index in [1.165, 1.54) is 13.2 Å². The van der Waals surface area contributed by atoms with Crippen LogP contribution in [-0.4, -0.2) is 28.7 Å². The first-order valence-electron chi connectivity index (χ1n) is 6.20. The molecule has 2 aromatic rings. The van der Waals surface area contributed by atoms with E-state index in [4.69, 9.17) is 5.26 Å². The zero-order valence-electron chi connectivity index (χ0n) is 11.1. The Morgan fingerprint density at radius 3 is 2.57 bits per heavy atom. The second-order valence-electron chi connectivity index (χ2n) is 4.60. The molecule has 0 saturated heterocycles. The van der Waals surface area contributed by atoms with Gasteiger partial charge in [-0.3, -0.25) is 14.5 Å². The number of aromatic nitrogens is 1. The van der Waals surface area contributed by atoms with Gasteiger partial charge in [0, 0.05) is 18.9 Å². The largest absolute Gasteiger partial charge is 0.340 e. The maximum atomic E-state index is 11.9. The Bertz CT molecular complexity index is 790. The first kappa shape index (κ1) is 12.8. The van der Waals surface area contributed by atoms with Crippen molar-refractivity contribution in [2.75, 3.05) is 12.4 Å². The van der Waals surface area contributed by atoms with Gasteiger partial charge < -0.3 is 5.32 Å². The number of nitrogens with zero attached hydrogens (tertiary/aromatic N) is 3. The SMILES string of the molecule is CN1C(=O)c2ccc(Nc3ccc(C#N)cn3)cc2C1=O. The Labute approximate surface area is 120 Å². The number of hydrogen-bond donors (Lipinski definition) is 1. The molecule has 0 radical (unpaired) electrons. The average molecular weight is 278 g/mol. The molecular weight excluding hydrogens is 268 g/mol. The Morgan fingerprint density at radius 1 is 1.14 bits per heavy atom. The standard InChI is InChI=1S/C15H10N4O2/c1-19-14(20)11-4-3-10(6-12(11)15(19)21)18-13-5-2-9(7-16)8-17-13/h2-6,8H,1H3,(H,17,18). The van der Waals surface area contributed by atoms with E-state index >= 15 is 0 Å². The van der Waals surface area contributed by atoms with Gasteiger partial charge in [0.15, 0.2) is 0 Å². The molecule has 0 spiro atoms. The Morgan fingerprint density at radius 2 is 1.90 bits per heavy atom. The van der Waals surface area contributed by atoms with Gasteiger partial charge in [0.05, 0.1) is 16.7 Å². The number of nitrogens with one attached hydrogen (secondary N) is 1. The van der Waals surface area contributed by atoms with Crippen LogP contribution in [0.15, 0.2) is 36.5 Å². The molecule has 6 nitrogen and oxygen atoms in total. The van der Waals surface area contributed by atoms with Gasteiger partial charge in [-0.25, -0.2) is 4.98 Å². The minimum absolute atomic E-state index is 0.293. The maximum Gasteiger partial charge on any atom is 0.261 e. The fraction of sp³-hybridized carbons (Fsp3) is 0.0667. The van der Waals surface area contributed by atoms with Crippen LogP contribution < -0.4 is 5.32 Å². The summed E-state index contributed by atoms with van der Waals surface area (Å²) in [6, 6.07) is 10.3. The molecule has 1 aromatic heterocycles. The van der Waals surface area contributed by atoms with E-state index in [0.717, 1.165) is 4.90 Å². The van der Waals surface area contributed by atoms with Crippen LogP contribution >= 0.6 is 0 Å². The molecular formula is C15H10N4O2. The molecule has 1 aliphatic heterocycles. The predicted octanol–water partition coefficient (Wildman–Crippen LogP) is 1.92. The number of carbonyl (C=O) groups excluding carboxylic acids is 2. The van der Waals surface area contributed by atoms with E-state index in [-0.39, 0.29) is 11.8 Å². The van der Waals surface area contributed by atoms with E-state index < -0.39 is 0 Å². The zero-order chi connectivity index (χ0) is 15.0. The van der Waals surface area contributed by atoms with Crippen molar-refractivity contribution in [1.29, 1.82) is 5.26 Å². The summed E-state index contributed by atoms with van der Waals surface area (Å²) in [6.07, 6.45) is 1.46. The number of imide groups is 1. The van der Waals surface area contributed by atoms with Gasteiger partial charge in [-0.1, -0.05) is 0 Å². The van der Waals surface area contributed by atoms with Crippen molar-refractivity contribution in [3.63, 3.8) is 0 Å². The Kier molecular flexibility index (Phi) is 2.88. The number of carbonyl (C=O) groups is 2. The normalized spacial score (nSPS) is 13.0. The molecule has 3 rings (SSSR count). The van der Waals surface area contributed by atoms with Crippen LogP contribution in [0.4, 0.5) is 11.5 Å². The number of rotatable bonds is 2. The molecule has 6 heteroatoms. The fourth-order valence-electron chi connectivity index (χ4n) is 2.12. The highest BCUT2D eigenvalue weighted by molar-refractivity contribution is 6.21. The summed E-state index contributed by atoms with van der Waals surface area (Å²) in [5.74, 6) is -0.0523. The van der Waals surface area contributed by atoms with Crippen molar-refractivity contribution in [3.05, 3.63) is 53.2 Å². The second-order valence-corrected chi connectivity index (χ2v) is 4.60. The fourth-order valence-corrected chi connectivity index (χ4v) is 2.12. The summed E-state index contributed by atoms with van der Waals surface area (Å²) in [5.41, 5.74) is 1.90. The number of amides is 2. The van der Waals surface area contributed by atoms with Gasteiger partial charge in [0.2, 0.25) is 0 Å². The number of pyridine rings is 1. The highest BCUT2D eigenvalue weighted by Crippen LogP contribution is 2.26. The van der Waals surface area contributed by atoms with Gasteiger partial charge >= 0.3 is 0 Å². The number of hydrogen-bond acceptors (Lipinski definition) is 5. The van der Waals surface area contributed by atoms with Gasteiger partial charge in [0.1, 0.15) is 11.9 Å². The van der Waals surface area contributed by atoms with Crippen molar-refractivity contribution in [3.8, 4) is 6.07 Å². The van der Waals surface area contributed by atoms with Crippen LogP contribution in [0.3, 0.4) is 0 Å². The van der Waals surface area contributed by atoms with E-state index in [9.17, 15) is 9.59 Å². The molecule has 21 heavy (non-hydrogen) atoms. The van der Waals surface area contributed by atoms with Crippen LogP contribution in [0.2, 0.25) is 0 Å². The van der Waals surface area contributed by atoms with E-state index in [0.29, 0.717) is 28.2 Å². The lowest BCUT2D eigenvalue weighted by Crippen LogP contribution is -2.24. The lowest BCUT2D eigenvalue weighted by Gasteiger charge is -2.06. The smallest absolute Gasteiger partial charge is 0.261 e. The lowest BCUT2D eigenvalue weighted by atomic mass is 10.1. The highest BCUT2D eigenvalue weighted by Gasteiger charge is 2.32. The predicted molar refractivity (Wildman–Crippen MR) is 75.1 cm³/mol. The van der Waals surface area contributed by atoms with Crippen molar-refractivity contribution >= 4 is 23.3 Å². The van der Waals surface area contributed by atoms with Crippen LogP contribution in [-0.2, 0) is 0 Å². The third kappa shape index (κ3) is 2.11. The molecule has 1 N–H and O–H groups in total. The summed E-state index contributed by atoms with van der Waals surface area (Å²) in [4.78, 5) is 28.9. The minimum atomic E-state index is -0.313. The maximum absolute atomic E-state index is 11.9. The number of fused-ring (bicyclic) bond motifs is 1. The summed E-state index contributed by atoms with van der Waals surface area (Å²) in [5, 5.41) is 11.8. The van der Waals surface area contributed by atoms with Crippen molar-refractivity contribution < 1.29 is 9.59 Å². The molecule has 0 unspecified atom stereocenters. The average Bonchev–Trinajstić information content (AvgIpc) is 2.73. The van der Waals surface area contributed by atoms with Crippen LogP contribution in [0, 0.1) is 11.3 Å². The molecule has 0 aliphatic carbocycles. The number of anilines is 2. The lowest BCUT2D eigenvalue weighted by molar-refractivity contribution is 0.0693. The van der Waals surface area contributed by atoms with E-state index in [1.807, 2.05) is 6.07 Å². The second kappa shape index (κ2) is 4.72. The van der Waals surface area contributed by atoms with Crippen molar-refractivity contribution in [1.82, 2.24) is 9.88 Å². The Balaban J connectivity index is 1.90. The first-order chi connectivity index (χ1) is 10.1. The van der Waals surface area contributed by atoms with E-state index in [1.54, 1.807) is 30.3 Å². The summed E-state index contributed by atoms with van der Waals surface area (Å²) >= 11 is 0. The van der Waals surface area contributed by atoms with Crippen molar-refractivity contribution in [2.45, 2.75) is 0 Å². The van der Waals surface area contributed by atoms with Gasteiger partial charge in [-0.15, -0.1) is 0 Å². The number of nitriles is 1. The van der Waals surface area contributed by atoms with Crippen molar-refractivity contribution in [2.24, 2.45) is 0 Å². The van der Waals surface area contributed by atoms with Crippen LogP contribution in [0.5, 0.6) is 0 Å². The summed E-state index contributed by atoms with van der Waals surface area (Å²) < 4.78 is 0. The van der Waals surface area contributed by atoms with Gasteiger partial charge in [-0.05, 0) is 30.3 Å². The zero-order valence-corrected chi connectivity index (χ0v) is 11.1. The molecule has 0 bridgehead atoms. The van der Waals surface area contributed by atoms with Gasteiger partial charge in [0.25, 0.3) is 11.8 Å². The van der Waals surface area contributed by atoms with E-state index in [2.05, 4.69) is 10.3 Å². The molecule has 0 saturated carbocycles. The minimum Gasteiger partial charge on any atom is -0.340 e. The van der Waals surface area contributed by atoms with Gasteiger partial charge in [-0.2, -0.15) is 5.26 Å². The molecule has 2 amide bonds. The monoisotopic (exact) mass is 278 g/mol. The summed E-state index contributed by atoms with van der Waals surface area (Å²) in [6.45, 7) is 0. The highest BCUT2D eigenvalue weighted by atomic mass is 16.2. The molecule has 0 atom stereocenters. The molecule has 1 aliphatic rings. The quantitative estimate of drug-likeness (QED) is 0.848. The van der Waals surface area contributed by atoms with Crippen LogP contribution in [0.25, 0.3) is 0 Å². The molecule has 0 fully saturated rings. The first-order valence-corrected chi connectivity index (χ1v) is 6.20. The van der Waals surface area contributed by atoms with Crippen LogP contribution in [0.1, 0.15) is 26.3 Å². The number of benzene rings is 1. The molecule has 2 heterocycles. The molecule has 102 valence electrons. The molecule has 1 aromatic carbocycles. The Hall–Kier alpha value is -3.20. The summed E-state index contributed by atoms with van der Waals surface area (Å²) in [7, 11) is 1.46. The third-order valence-corrected chi connectivity index (χ3v) is 3.25. The third-order valence-electron chi connectivity index (χ3n) is 3.25. The topological polar surface area (TPSA) is 86.1 Å².